The molecule has 44 heavy (non-hydrogen) atoms. The summed E-state index contributed by atoms with van der Waals surface area (Å²) in [6.07, 6.45) is -2.26. The van der Waals surface area contributed by atoms with Crippen molar-refractivity contribution in [1.82, 2.24) is 14.9 Å². The lowest BCUT2D eigenvalue weighted by molar-refractivity contribution is -0.195. The second kappa shape index (κ2) is 11.8. The molecule has 1 amide bonds. The molecule has 2 aromatic rings. The monoisotopic (exact) mass is 619 g/mol. The normalized spacial score (nSPS) is 30.4. The van der Waals surface area contributed by atoms with Crippen LogP contribution in [-0.4, -0.2) is 70.6 Å². The van der Waals surface area contributed by atoms with E-state index in [1.165, 1.54) is 7.11 Å². The van der Waals surface area contributed by atoms with Crippen molar-refractivity contribution in [1.29, 1.82) is 0 Å². The highest BCUT2D eigenvalue weighted by atomic mass is 19.4. The highest BCUT2D eigenvalue weighted by Crippen LogP contribution is 2.50. The summed E-state index contributed by atoms with van der Waals surface area (Å²) < 4.78 is 61.0. The standard InChI is InChI=1S/C32H40F3N3O6/c1-30(2,3)20-14-26(40)44-31(4)15-18(31)9-7-6-8-10-22-28(37-23-13-19(42-5)11-12-21(23)36-22)43-25-16-38(29(20)41)24(17-39)27(25)32(33,34)35/h11-13,17-18,20,24-25,27H,6-10,14-16H2,1-5H3/t18-,20-,24-,25+,27+,31-/m1/s1. The molecule has 12 heteroatoms. The molecule has 1 aliphatic carbocycles. The third-order valence-electron chi connectivity index (χ3n) is 9.36. The number of aromatic nitrogens is 2. The Hall–Kier alpha value is -3.44. The van der Waals surface area contributed by atoms with E-state index >= 15 is 0 Å². The summed E-state index contributed by atoms with van der Waals surface area (Å²) in [6.45, 7) is 6.59. The molecule has 1 saturated heterocycles. The Kier molecular flexibility index (Phi) is 8.58. The summed E-state index contributed by atoms with van der Waals surface area (Å²) >= 11 is 0. The Labute approximate surface area is 254 Å². The van der Waals surface area contributed by atoms with Gasteiger partial charge < -0.3 is 23.9 Å². The summed E-state index contributed by atoms with van der Waals surface area (Å²) in [7, 11) is 1.49. The molecule has 2 fully saturated rings. The molecule has 3 aliphatic rings. The first-order valence-electron chi connectivity index (χ1n) is 15.2. The number of methoxy groups -OCH3 is 1. The van der Waals surface area contributed by atoms with Gasteiger partial charge in [0.1, 0.15) is 41.4 Å². The maximum Gasteiger partial charge on any atom is 0.397 e. The fraction of sp³-hybridized carbons (Fsp3) is 0.656. The second-order valence-electron chi connectivity index (χ2n) is 13.6. The van der Waals surface area contributed by atoms with E-state index in [2.05, 4.69) is 4.98 Å². The summed E-state index contributed by atoms with van der Waals surface area (Å²) in [6, 6.07) is 3.24. The fourth-order valence-corrected chi connectivity index (χ4v) is 6.59. The minimum absolute atomic E-state index is 0.0595. The number of aryl methyl sites for hydroxylation is 1. The third kappa shape index (κ3) is 6.49. The SMILES string of the molecule is COc1ccc2nc3c(nc2c1)O[C@H]1CN(C(=O)[C@H](C(C)(C)C)CC(=O)O[C@]2(C)C[C@H]2CCCCC3)[C@H](C=O)[C@@H]1C(F)(F)F. The van der Waals surface area contributed by atoms with Crippen LogP contribution in [-0.2, 0) is 25.5 Å². The molecule has 1 saturated carbocycles. The van der Waals surface area contributed by atoms with Gasteiger partial charge in [0.25, 0.3) is 0 Å². The third-order valence-corrected chi connectivity index (χ3v) is 9.36. The van der Waals surface area contributed by atoms with E-state index in [4.69, 9.17) is 19.2 Å². The molecule has 1 aromatic heterocycles. The first-order chi connectivity index (χ1) is 20.6. The number of ether oxygens (including phenoxy) is 3. The van der Waals surface area contributed by atoms with Crippen molar-refractivity contribution in [2.45, 2.75) is 96.6 Å². The van der Waals surface area contributed by atoms with Gasteiger partial charge in [0, 0.05) is 12.0 Å². The number of hydrogen-bond donors (Lipinski definition) is 0. The van der Waals surface area contributed by atoms with Crippen LogP contribution in [0, 0.1) is 23.2 Å². The summed E-state index contributed by atoms with van der Waals surface area (Å²) in [5.74, 6) is -3.98. The van der Waals surface area contributed by atoms with Gasteiger partial charge in [-0.1, -0.05) is 33.6 Å². The molecule has 6 atom stereocenters. The lowest BCUT2D eigenvalue weighted by Gasteiger charge is -2.34. The fourth-order valence-electron chi connectivity index (χ4n) is 6.59. The first kappa shape index (κ1) is 32.0. The van der Waals surface area contributed by atoms with Crippen LogP contribution in [0.4, 0.5) is 13.2 Å². The lowest BCUT2D eigenvalue weighted by atomic mass is 9.77. The number of aldehydes is 1. The highest BCUT2D eigenvalue weighted by molar-refractivity contribution is 5.87. The maximum absolute atomic E-state index is 14.6. The smallest absolute Gasteiger partial charge is 0.397 e. The molecule has 0 spiro atoms. The number of nitrogens with zero attached hydrogens (tertiary/aromatic N) is 3. The van der Waals surface area contributed by atoms with Crippen LogP contribution < -0.4 is 9.47 Å². The zero-order valence-electron chi connectivity index (χ0n) is 25.8. The Balaban J connectivity index is 1.57. The number of hydrogen-bond acceptors (Lipinski definition) is 8. The molecular formula is C32H40F3N3O6. The molecule has 5 rings (SSSR count). The van der Waals surface area contributed by atoms with Crippen LogP contribution in [0.1, 0.15) is 71.9 Å². The zero-order valence-corrected chi connectivity index (χ0v) is 25.8. The van der Waals surface area contributed by atoms with Gasteiger partial charge in [-0.15, -0.1) is 0 Å². The molecule has 9 nitrogen and oxygen atoms in total. The van der Waals surface area contributed by atoms with Gasteiger partial charge in [0.2, 0.25) is 11.8 Å². The van der Waals surface area contributed by atoms with Gasteiger partial charge in [0.05, 0.1) is 37.0 Å². The second-order valence-corrected chi connectivity index (χ2v) is 13.6. The quantitative estimate of drug-likeness (QED) is 0.322. The topological polar surface area (TPSA) is 108 Å². The van der Waals surface area contributed by atoms with E-state index in [1.54, 1.807) is 39.0 Å². The average molecular weight is 620 g/mol. The van der Waals surface area contributed by atoms with Gasteiger partial charge in [0.15, 0.2) is 0 Å². The zero-order chi connectivity index (χ0) is 32.0. The van der Waals surface area contributed by atoms with E-state index in [0.717, 1.165) is 30.6 Å². The van der Waals surface area contributed by atoms with Crippen LogP contribution in [0.15, 0.2) is 18.2 Å². The Morgan fingerprint density at radius 2 is 1.84 bits per heavy atom. The maximum atomic E-state index is 14.6. The number of esters is 1. The summed E-state index contributed by atoms with van der Waals surface area (Å²) in [5, 5.41) is 0. The van der Waals surface area contributed by atoms with Crippen LogP contribution in [0.25, 0.3) is 11.0 Å². The van der Waals surface area contributed by atoms with E-state index < -0.39 is 59.6 Å². The van der Waals surface area contributed by atoms with Crippen molar-refractivity contribution in [2.75, 3.05) is 13.7 Å². The molecule has 2 bridgehead atoms. The van der Waals surface area contributed by atoms with Crippen molar-refractivity contribution in [3.8, 4) is 11.6 Å². The minimum atomic E-state index is -4.87. The van der Waals surface area contributed by atoms with Crippen molar-refractivity contribution in [3.05, 3.63) is 23.9 Å². The average Bonchev–Trinajstić information content (AvgIpc) is 3.40. The van der Waals surface area contributed by atoms with Crippen LogP contribution >= 0.6 is 0 Å². The number of carbonyl (C=O) groups excluding carboxylic acids is 3. The van der Waals surface area contributed by atoms with Gasteiger partial charge in [-0.25, -0.2) is 9.97 Å². The predicted molar refractivity (Wildman–Crippen MR) is 154 cm³/mol. The van der Waals surface area contributed by atoms with Crippen molar-refractivity contribution in [2.24, 2.45) is 23.2 Å². The van der Waals surface area contributed by atoms with E-state index in [9.17, 15) is 27.6 Å². The molecule has 0 radical (unpaired) electrons. The molecule has 2 aliphatic heterocycles. The van der Waals surface area contributed by atoms with Crippen molar-refractivity contribution in [3.63, 3.8) is 0 Å². The van der Waals surface area contributed by atoms with Crippen molar-refractivity contribution >= 4 is 29.2 Å². The number of fused-ring (bicyclic) bond motifs is 5. The Bertz CT molecular complexity index is 1430. The van der Waals surface area contributed by atoms with Crippen molar-refractivity contribution < 1.29 is 41.8 Å². The molecule has 0 unspecified atom stereocenters. The largest absolute Gasteiger partial charge is 0.497 e. The van der Waals surface area contributed by atoms with Crippen LogP contribution in [0.5, 0.6) is 11.6 Å². The summed E-state index contributed by atoms with van der Waals surface area (Å²) in [5.41, 5.74) is -0.0939. The molecule has 1 aromatic carbocycles. The molecular weight excluding hydrogens is 579 g/mol. The molecule has 0 N–H and O–H groups in total. The Morgan fingerprint density at radius 3 is 2.50 bits per heavy atom. The number of amides is 1. The number of alkyl halides is 3. The molecule has 3 heterocycles. The molecule has 240 valence electrons. The lowest BCUT2D eigenvalue weighted by Crippen LogP contribution is -2.48. The van der Waals surface area contributed by atoms with E-state index in [-0.39, 0.29) is 24.5 Å². The number of benzene rings is 1. The minimum Gasteiger partial charge on any atom is -0.497 e. The van der Waals surface area contributed by atoms with Gasteiger partial charge in [-0.2, -0.15) is 13.2 Å². The van der Waals surface area contributed by atoms with E-state index in [1.807, 2.05) is 6.92 Å². The van der Waals surface area contributed by atoms with Gasteiger partial charge >= 0.3 is 12.1 Å². The first-order valence-corrected chi connectivity index (χ1v) is 15.2. The number of rotatable bonds is 2. The number of carbonyl (C=O) groups is 3. The highest BCUT2D eigenvalue weighted by Gasteiger charge is 2.60. The van der Waals surface area contributed by atoms with E-state index in [0.29, 0.717) is 35.3 Å². The summed E-state index contributed by atoms with van der Waals surface area (Å²) in [4.78, 5) is 49.6. The van der Waals surface area contributed by atoms with Crippen LogP contribution in [0.2, 0.25) is 0 Å². The van der Waals surface area contributed by atoms with Gasteiger partial charge in [-0.3, -0.25) is 9.59 Å². The Morgan fingerprint density at radius 1 is 1.09 bits per heavy atom. The van der Waals surface area contributed by atoms with Crippen LogP contribution in [0.3, 0.4) is 0 Å². The predicted octanol–water partition coefficient (Wildman–Crippen LogP) is 5.46. The number of halogens is 3. The van der Waals surface area contributed by atoms with Gasteiger partial charge in [-0.05, 0) is 50.2 Å².